The number of rotatable bonds is 3. The Hall–Kier alpha value is -1.82. The first kappa shape index (κ1) is 12.6. The molecule has 0 amide bonds. The van der Waals surface area contributed by atoms with Crippen LogP contribution in [0.2, 0.25) is 0 Å². The third-order valence-corrected chi connectivity index (χ3v) is 2.93. The summed E-state index contributed by atoms with van der Waals surface area (Å²) in [5, 5.41) is 3.04. The van der Waals surface area contributed by atoms with E-state index in [0.717, 1.165) is 0 Å². The average molecular weight is 312 g/mol. The van der Waals surface area contributed by atoms with Gasteiger partial charge in [-0.1, -0.05) is 0 Å². The summed E-state index contributed by atoms with van der Waals surface area (Å²) in [7, 11) is 1.50. The Morgan fingerprint density at radius 1 is 1.33 bits per heavy atom. The molecule has 18 heavy (non-hydrogen) atoms. The highest BCUT2D eigenvalue weighted by Gasteiger charge is 2.06. The quantitative estimate of drug-likeness (QED) is 0.913. The van der Waals surface area contributed by atoms with Gasteiger partial charge in [-0.3, -0.25) is 0 Å². The van der Waals surface area contributed by atoms with Crippen LogP contribution in [-0.4, -0.2) is 12.1 Å². The van der Waals surface area contributed by atoms with Crippen LogP contribution >= 0.6 is 15.9 Å². The summed E-state index contributed by atoms with van der Waals surface area (Å²) in [4.78, 5) is 4.18. The monoisotopic (exact) mass is 311 g/mol. The first-order chi connectivity index (χ1) is 8.60. The fourth-order valence-corrected chi connectivity index (χ4v) is 1.86. The molecule has 6 heteroatoms. The molecule has 0 radical (unpaired) electrons. The zero-order valence-corrected chi connectivity index (χ0v) is 11.2. The number of halogens is 2. The number of aromatic nitrogens is 1. The average Bonchev–Trinajstić information content (AvgIpc) is 2.35. The van der Waals surface area contributed by atoms with Gasteiger partial charge in [0.15, 0.2) is 0 Å². The van der Waals surface area contributed by atoms with Crippen molar-refractivity contribution < 1.29 is 9.13 Å². The summed E-state index contributed by atoms with van der Waals surface area (Å²) in [6.45, 7) is 0. The van der Waals surface area contributed by atoms with Crippen molar-refractivity contribution in [2.24, 2.45) is 0 Å². The number of benzene rings is 1. The van der Waals surface area contributed by atoms with Crippen molar-refractivity contribution in [1.29, 1.82) is 0 Å². The molecule has 0 bridgehead atoms. The van der Waals surface area contributed by atoms with Crippen LogP contribution in [0.4, 0.5) is 21.6 Å². The molecule has 0 saturated carbocycles. The topological polar surface area (TPSA) is 60.2 Å². The molecule has 0 unspecified atom stereocenters. The van der Waals surface area contributed by atoms with Gasteiger partial charge in [-0.05, 0) is 46.3 Å². The van der Waals surface area contributed by atoms with Gasteiger partial charge in [0.2, 0.25) is 5.88 Å². The summed E-state index contributed by atoms with van der Waals surface area (Å²) < 4.78 is 18.6. The Balaban J connectivity index is 2.28. The molecule has 3 N–H and O–H groups in total. The number of methoxy groups -OCH3 is 1. The molecule has 0 aliphatic carbocycles. The van der Waals surface area contributed by atoms with Crippen molar-refractivity contribution >= 4 is 33.1 Å². The minimum absolute atomic E-state index is 0.310. The van der Waals surface area contributed by atoms with Crippen LogP contribution in [0.25, 0.3) is 0 Å². The van der Waals surface area contributed by atoms with Gasteiger partial charge in [0, 0.05) is 4.47 Å². The van der Waals surface area contributed by atoms with Gasteiger partial charge in [-0.2, -0.15) is 4.98 Å². The molecular weight excluding hydrogens is 301 g/mol. The van der Waals surface area contributed by atoms with Crippen LogP contribution < -0.4 is 15.8 Å². The molecule has 1 heterocycles. The molecule has 0 saturated heterocycles. The molecule has 1 aromatic heterocycles. The Morgan fingerprint density at radius 2 is 2.11 bits per heavy atom. The number of nitrogens with zero attached hydrogens (tertiary/aromatic N) is 1. The smallest absolute Gasteiger partial charge is 0.238 e. The number of anilines is 3. The second-order valence-corrected chi connectivity index (χ2v) is 4.40. The van der Waals surface area contributed by atoms with Crippen molar-refractivity contribution in [2.75, 3.05) is 18.2 Å². The normalized spacial score (nSPS) is 10.2. The molecule has 0 spiro atoms. The lowest BCUT2D eigenvalue weighted by Gasteiger charge is -2.10. The lowest BCUT2D eigenvalue weighted by atomic mass is 10.3. The number of hydrogen-bond acceptors (Lipinski definition) is 4. The Morgan fingerprint density at radius 3 is 2.78 bits per heavy atom. The van der Waals surface area contributed by atoms with E-state index in [1.54, 1.807) is 18.2 Å². The maximum Gasteiger partial charge on any atom is 0.238 e. The molecule has 0 aliphatic heterocycles. The Labute approximate surface area is 112 Å². The van der Waals surface area contributed by atoms with E-state index in [4.69, 9.17) is 10.5 Å². The lowest BCUT2D eigenvalue weighted by Crippen LogP contribution is -1.99. The number of nitrogen functional groups attached to an aromatic ring is 1. The van der Waals surface area contributed by atoms with E-state index in [9.17, 15) is 4.39 Å². The number of nitrogens with two attached hydrogens (primary N) is 1. The predicted molar refractivity (Wildman–Crippen MR) is 72.6 cm³/mol. The Kier molecular flexibility index (Phi) is 3.66. The van der Waals surface area contributed by atoms with E-state index in [-0.39, 0.29) is 5.82 Å². The molecule has 0 fully saturated rings. The molecule has 2 aromatic rings. The van der Waals surface area contributed by atoms with Gasteiger partial charge < -0.3 is 15.8 Å². The third kappa shape index (κ3) is 2.70. The fraction of sp³-hybridized carbons (Fsp3) is 0.0833. The molecule has 94 valence electrons. The molecule has 4 nitrogen and oxygen atoms in total. The van der Waals surface area contributed by atoms with E-state index in [0.29, 0.717) is 27.5 Å². The van der Waals surface area contributed by atoms with Crippen molar-refractivity contribution in [3.8, 4) is 5.88 Å². The third-order valence-electron chi connectivity index (χ3n) is 2.28. The summed E-state index contributed by atoms with van der Waals surface area (Å²) in [5.41, 5.74) is 6.83. The number of nitrogens with one attached hydrogen (secondary N) is 1. The van der Waals surface area contributed by atoms with Gasteiger partial charge in [0.25, 0.3) is 0 Å². The van der Waals surface area contributed by atoms with Crippen molar-refractivity contribution in [2.45, 2.75) is 0 Å². The van der Waals surface area contributed by atoms with Crippen LogP contribution in [0.5, 0.6) is 5.88 Å². The lowest BCUT2D eigenvalue weighted by molar-refractivity contribution is 0.401. The predicted octanol–water partition coefficient (Wildman–Crippen LogP) is 3.32. The molecule has 0 aliphatic rings. The fourth-order valence-electron chi connectivity index (χ4n) is 1.41. The zero-order chi connectivity index (χ0) is 13.1. The van der Waals surface area contributed by atoms with Crippen LogP contribution in [0.15, 0.2) is 34.8 Å². The van der Waals surface area contributed by atoms with Gasteiger partial charge in [-0.15, -0.1) is 0 Å². The summed E-state index contributed by atoms with van der Waals surface area (Å²) in [6.07, 6.45) is 0. The van der Waals surface area contributed by atoms with Gasteiger partial charge in [-0.25, -0.2) is 4.39 Å². The number of pyridine rings is 1. The maximum atomic E-state index is 12.9. The van der Waals surface area contributed by atoms with E-state index >= 15 is 0 Å². The van der Waals surface area contributed by atoms with Crippen molar-refractivity contribution in [1.82, 2.24) is 4.98 Å². The highest BCUT2D eigenvalue weighted by Crippen LogP contribution is 2.27. The summed E-state index contributed by atoms with van der Waals surface area (Å²) in [5.74, 6) is 0.599. The second kappa shape index (κ2) is 5.22. The van der Waals surface area contributed by atoms with Crippen LogP contribution in [0.1, 0.15) is 0 Å². The van der Waals surface area contributed by atoms with Gasteiger partial charge in [0.05, 0.1) is 18.5 Å². The molecule has 1 aromatic carbocycles. The van der Waals surface area contributed by atoms with E-state index < -0.39 is 0 Å². The molecule has 2 rings (SSSR count). The molecule has 0 atom stereocenters. The minimum Gasteiger partial charge on any atom is -0.479 e. The summed E-state index contributed by atoms with van der Waals surface area (Å²) in [6, 6.07) is 7.75. The van der Waals surface area contributed by atoms with E-state index in [1.807, 2.05) is 0 Å². The van der Waals surface area contributed by atoms with Crippen molar-refractivity contribution in [3.63, 3.8) is 0 Å². The number of ether oxygens (including phenoxy) is 1. The first-order valence-corrected chi connectivity index (χ1v) is 5.92. The van der Waals surface area contributed by atoms with Crippen molar-refractivity contribution in [3.05, 3.63) is 40.6 Å². The summed E-state index contributed by atoms with van der Waals surface area (Å²) >= 11 is 3.27. The zero-order valence-electron chi connectivity index (χ0n) is 9.58. The van der Waals surface area contributed by atoms with Crippen LogP contribution in [0, 0.1) is 5.82 Å². The van der Waals surface area contributed by atoms with E-state index in [2.05, 4.69) is 26.2 Å². The number of hydrogen-bond donors (Lipinski definition) is 2. The highest BCUT2D eigenvalue weighted by molar-refractivity contribution is 9.10. The highest BCUT2D eigenvalue weighted by atomic mass is 79.9. The minimum atomic E-state index is -0.310. The SMILES string of the molecule is COc1nc(Nc2ccc(F)cc2Br)ccc1N. The van der Waals surface area contributed by atoms with Gasteiger partial charge in [0.1, 0.15) is 11.6 Å². The van der Waals surface area contributed by atoms with Gasteiger partial charge >= 0.3 is 0 Å². The Bertz CT molecular complexity index is 577. The second-order valence-electron chi connectivity index (χ2n) is 3.54. The molecular formula is C12H11BrFN3O. The standard InChI is InChI=1S/C12H11BrFN3O/c1-18-12-9(15)3-5-11(17-12)16-10-4-2-7(14)6-8(10)13/h2-6H,15H2,1H3,(H,16,17). The van der Waals surface area contributed by atoms with Crippen LogP contribution in [0.3, 0.4) is 0 Å². The van der Waals surface area contributed by atoms with Crippen LogP contribution in [-0.2, 0) is 0 Å². The van der Waals surface area contributed by atoms with E-state index in [1.165, 1.54) is 19.2 Å². The largest absolute Gasteiger partial charge is 0.479 e. The maximum absolute atomic E-state index is 12.9. The first-order valence-electron chi connectivity index (χ1n) is 5.12.